The van der Waals surface area contributed by atoms with E-state index < -0.39 is 4.92 Å². The van der Waals surface area contributed by atoms with Gasteiger partial charge in [0.15, 0.2) is 0 Å². The molecule has 0 aromatic heterocycles. The van der Waals surface area contributed by atoms with Gasteiger partial charge in [0.2, 0.25) is 0 Å². The van der Waals surface area contributed by atoms with Crippen molar-refractivity contribution in [3.05, 3.63) is 62.6 Å². The second-order valence-electron chi connectivity index (χ2n) is 3.59. The van der Waals surface area contributed by atoms with E-state index in [1.807, 2.05) is 24.3 Å². The molecule has 0 heterocycles. The first kappa shape index (κ1) is 12.3. The Balaban J connectivity index is 2.75. The predicted molar refractivity (Wildman–Crippen MR) is 70.9 cm³/mol. The predicted octanol–water partition coefficient (Wildman–Crippen LogP) is 3.90. The highest BCUT2D eigenvalue weighted by Crippen LogP contribution is 2.37. The molecule has 0 atom stereocenters. The van der Waals surface area contributed by atoms with Crippen molar-refractivity contribution in [1.29, 1.82) is 5.26 Å². The van der Waals surface area contributed by atoms with Crippen molar-refractivity contribution in [2.24, 2.45) is 0 Å². The lowest BCUT2D eigenvalue weighted by Crippen LogP contribution is -1.94. The maximum atomic E-state index is 11.1. The summed E-state index contributed by atoms with van der Waals surface area (Å²) in [5.74, 6) is 0. The normalized spacial score (nSPS) is 9.78. The minimum absolute atomic E-state index is 0.0767. The first-order valence-corrected chi connectivity index (χ1v) is 5.86. The summed E-state index contributed by atoms with van der Waals surface area (Å²) in [4.78, 5) is 10.6. The molecule has 0 saturated heterocycles. The number of nitro groups is 1. The Morgan fingerprint density at radius 2 is 1.89 bits per heavy atom. The molecule has 2 aromatic carbocycles. The SMILES string of the molecule is N#Cc1cc(Br)c(-c2ccccc2)c([N+](=O)[O-])c1. The van der Waals surface area contributed by atoms with Crippen LogP contribution < -0.4 is 0 Å². The number of hydrogen-bond donors (Lipinski definition) is 0. The zero-order valence-electron chi connectivity index (χ0n) is 9.13. The fourth-order valence-electron chi connectivity index (χ4n) is 1.69. The quantitative estimate of drug-likeness (QED) is 0.624. The van der Waals surface area contributed by atoms with E-state index in [1.165, 1.54) is 6.07 Å². The molecule has 0 unspecified atom stereocenters. The monoisotopic (exact) mass is 302 g/mol. The van der Waals surface area contributed by atoms with Crippen LogP contribution in [-0.4, -0.2) is 4.92 Å². The summed E-state index contributed by atoms with van der Waals surface area (Å²) >= 11 is 3.29. The molecule has 5 heteroatoms. The second-order valence-corrected chi connectivity index (χ2v) is 4.44. The van der Waals surface area contributed by atoms with Gasteiger partial charge >= 0.3 is 0 Å². The third-order valence-electron chi connectivity index (χ3n) is 2.46. The van der Waals surface area contributed by atoms with Gasteiger partial charge in [0.25, 0.3) is 5.69 Å². The Kier molecular flexibility index (Phi) is 3.40. The van der Waals surface area contributed by atoms with Crippen molar-refractivity contribution < 1.29 is 4.92 Å². The number of nitrogens with zero attached hydrogens (tertiary/aromatic N) is 2. The molecular formula is C13H7BrN2O2. The van der Waals surface area contributed by atoms with Gasteiger partial charge in [-0.05, 0) is 27.6 Å². The molecule has 0 radical (unpaired) electrons. The lowest BCUT2D eigenvalue weighted by atomic mass is 10.0. The number of nitro benzene ring substituents is 1. The zero-order chi connectivity index (χ0) is 13.1. The highest BCUT2D eigenvalue weighted by atomic mass is 79.9. The number of rotatable bonds is 2. The lowest BCUT2D eigenvalue weighted by Gasteiger charge is -2.06. The summed E-state index contributed by atoms with van der Waals surface area (Å²) in [6.07, 6.45) is 0. The largest absolute Gasteiger partial charge is 0.279 e. The van der Waals surface area contributed by atoms with Crippen LogP contribution in [-0.2, 0) is 0 Å². The molecule has 0 aliphatic heterocycles. The van der Waals surface area contributed by atoms with Gasteiger partial charge in [-0.3, -0.25) is 10.1 Å². The zero-order valence-corrected chi connectivity index (χ0v) is 10.7. The molecule has 18 heavy (non-hydrogen) atoms. The van der Waals surface area contributed by atoms with Crippen LogP contribution in [0.3, 0.4) is 0 Å². The molecule has 0 saturated carbocycles. The molecule has 2 rings (SSSR count). The van der Waals surface area contributed by atoms with Gasteiger partial charge in [0, 0.05) is 10.5 Å². The third-order valence-corrected chi connectivity index (χ3v) is 3.08. The van der Waals surface area contributed by atoms with E-state index in [0.717, 1.165) is 5.56 Å². The first-order valence-electron chi connectivity index (χ1n) is 5.07. The summed E-state index contributed by atoms with van der Waals surface area (Å²) < 4.78 is 0.541. The van der Waals surface area contributed by atoms with Gasteiger partial charge in [-0.25, -0.2) is 0 Å². The highest BCUT2D eigenvalue weighted by molar-refractivity contribution is 9.10. The van der Waals surface area contributed by atoms with E-state index in [0.29, 0.717) is 10.0 Å². The van der Waals surface area contributed by atoms with Crippen molar-refractivity contribution in [3.8, 4) is 17.2 Å². The maximum absolute atomic E-state index is 11.1. The average Bonchev–Trinajstić information content (AvgIpc) is 2.38. The van der Waals surface area contributed by atoms with Gasteiger partial charge in [-0.15, -0.1) is 0 Å². The standard InChI is InChI=1S/C13H7BrN2O2/c14-11-6-9(8-15)7-12(16(17)18)13(11)10-4-2-1-3-5-10/h1-7H. The summed E-state index contributed by atoms with van der Waals surface area (Å²) in [6, 6.07) is 13.8. The molecule has 4 nitrogen and oxygen atoms in total. The van der Waals surface area contributed by atoms with Gasteiger partial charge in [0.05, 0.1) is 22.1 Å². The Morgan fingerprint density at radius 1 is 1.22 bits per heavy atom. The summed E-state index contributed by atoms with van der Waals surface area (Å²) in [6.45, 7) is 0. The molecule has 0 spiro atoms. The summed E-state index contributed by atoms with van der Waals surface area (Å²) in [5, 5.41) is 19.9. The molecule has 0 N–H and O–H groups in total. The molecule has 2 aromatic rings. The van der Waals surface area contributed by atoms with Crippen LogP contribution >= 0.6 is 15.9 Å². The van der Waals surface area contributed by atoms with Gasteiger partial charge in [0.1, 0.15) is 0 Å². The Morgan fingerprint density at radius 3 is 2.44 bits per heavy atom. The second kappa shape index (κ2) is 4.98. The minimum atomic E-state index is -0.478. The molecule has 0 bridgehead atoms. The smallest absolute Gasteiger partial charge is 0.258 e. The van der Waals surface area contributed by atoms with Crippen LogP contribution in [0.2, 0.25) is 0 Å². The van der Waals surface area contributed by atoms with E-state index in [2.05, 4.69) is 15.9 Å². The summed E-state index contributed by atoms with van der Waals surface area (Å²) in [5.41, 5.74) is 1.40. The molecule has 0 aliphatic rings. The van der Waals surface area contributed by atoms with Crippen LogP contribution in [0, 0.1) is 21.4 Å². The van der Waals surface area contributed by atoms with E-state index in [4.69, 9.17) is 5.26 Å². The van der Waals surface area contributed by atoms with Gasteiger partial charge in [-0.2, -0.15) is 5.26 Å². The number of benzene rings is 2. The lowest BCUT2D eigenvalue weighted by molar-refractivity contribution is -0.384. The summed E-state index contributed by atoms with van der Waals surface area (Å²) in [7, 11) is 0. The number of halogens is 1. The molecule has 0 fully saturated rings. The van der Waals surface area contributed by atoms with Crippen molar-refractivity contribution in [2.75, 3.05) is 0 Å². The van der Waals surface area contributed by atoms with E-state index in [1.54, 1.807) is 18.2 Å². The fourth-order valence-corrected chi connectivity index (χ4v) is 2.37. The van der Waals surface area contributed by atoms with E-state index in [-0.39, 0.29) is 11.3 Å². The van der Waals surface area contributed by atoms with Crippen LogP contribution in [0.25, 0.3) is 11.1 Å². The van der Waals surface area contributed by atoms with Crippen molar-refractivity contribution in [1.82, 2.24) is 0 Å². The molecule has 0 aliphatic carbocycles. The van der Waals surface area contributed by atoms with Crippen molar-refractivity contribution in [2.45, 2.75) is 0 Å². The van der Waals surface area contributed by atoms with Crippen LogP contribution in [0.5, 0.6) is 0 Å². The average molecular weight is 303 g/mol. The topological polar surface area (TPSA) is 66.9 Å². The Labute approximate surface area is 112 Å². The van der Waals surface area contributed by atoms with Crippen LogP contribution in [0.1, 0.15) is 5.56 Å². The first-order chi connectivity index (χ1) is 8.63. The molecule has 0 amide bonds. The third kappa shape index (κ3) is 2.24. The number of hydrogen-bond acceptors (Lipinski definition) is 3. The van der Waals surface area contributed by atoms with Crippen molar-refractivity contribution >= 4 is 21.6 Å². The maximum Gasteiger partial charge on any atom is 0.279 e. The highest BCUT2D eigenvalue weighted by Gasteiger charge is 2.19. The van der Waals surface area contributed by atoms with Crippen LogP contribution in [0.15, 0.2) is 46.9 Å². The Hall–Kier alpha value is -2.19. The molecule has 88 valence electrons. The van der Waals surface area contributed by atoms with Gasteiger partial charge in [-0.1, -0.05) is 30.3 Å². The molecular weight excluding hydrogens is 296 g/mol. The fraction of sp³-hybridized carbons (Fsp3) is 0. The van der Waals surface area contributed by atoms with Crippen molar-refractivity contribution in [3.63, 3.8) is 0 Å². The van der Waals surface area contributed by atoms with E-state index >= 15 is 0 Å². The Bertz CT molecular complexity index is 648. The number of nitriles is 1. The van der Waals surface area contributed by atoms with E-state index in [9.17, 15) is 10.1 Å². The van der Waals surface area contributed by atoms with Gasteiger partial charge < -0.3 is 0 Å². The van der Waals surface area contributed by atoms with Crippen LogP contribution in [0.4, 0.5) is 5.69 Å². The minimum Gasteiger partial charge on any atom is -0.258 e.